The Morgan fingerprint density at radius 3 is 2.88 bits per heavy atom. The van der Waals surface area contributed by atoms with Gasteiger partial charge in [-0.25, -0.2) is 0 Å². The molecule has 0 spiro atoms. The summed E-state index contributed by atoms with van der Waals surface area (Å²) in [6.45, 7) is 2.20. The van der Waals surface area contributed by atoms with Crippen LogP contribution in [0.5, 0.6) is 0 Å². The molecule has 0 aliphatic carbocycles. The van der Waals surface area contributed by atoms with Gasteiger partial charge in [-0.2, -0.15) is 0 Å². The van der Waals surface area contributed by atoms with Crippen LogP contribution in [0.15, 0.2) is 34.9 Å². The largest absolute Gasteiger partial charge is 0.381 e. The van der Waals surface area contributed by atoms with E-state index in [4.69, 9.17) is 20.9 Å². The fraction of sp³-hybridized carbons (Fsp3) is 0.474. The van der Waals surface area contributed by atoms with Crippen molar-refractivity contribution >= 4 is 17.5 Å². The van der Waals surface area contributed by atoms with Gasteiger partial charge < -0.3 is 14.6 Å². The average Bonchev–Trinajstić information content (AvgIpc) is 3.27. The summed E-state index contributed by atoms with van der Waals surface area (Å²) in [5.74, 6) is 1.23. The number of amides is 1. The van der Waals surface area contributed by atoms with Gasteiger partial charge in [-0.05, 0) is 37.0 Å². The third kappa shape index (κ3) is 5.87. The van der Waals surface area contributed by atoms with Gasteiger partial charge in [-0.15, -0.1) is 0 Å². The number of benzene rings is 1. The number of nitrogens with one attached hydrogen (secondary N) is 1. The SMILES string of the molecule is O=C(Cc1cc(CCCc2ccc(Cl)cc2)on1)NCC1CCOC1. The number of rotatable bonds is 8. The van der Waals surface area contributed by atoms with Gasteiger partial charge in [-0.3, -0.25) is 4.79 Å². The minimum absolute atomic E-state index is 0.0204. The molecule has 1 amide bonds. The van der Waals surface area contributed by atoms with E-state index in [-0.39, 0.29) is 12.3 Å². The Hall–Kier alpha value is -1.85. The zero-order valence-electron chi connectivity index (χ0n) is 14.2. The summed E-state index contributed by atoms with van der Waals surface area (Å²) >= 11 is 5.88. The number of aromatic nitrogens is 1. The van der Waals surface area contributed by atoms with Crippen LogP contribution in [0.1, 0.15) is 29.9 Å². The summed E-state index contributed by atoms with van der Waals surface area (Å²) in [7, 11) is 0. The number of halogens is 1. The summed E-state index contributed by atoms with van der Waals surface area (Å²) in [5, 5.41) is 7.69. The van der Waals surface area contributed by atoms with Crippen LogP contribution in [0, 0.1) is 5.92 Å². The molecule has 1 aliphatic rings. The maximum absolute atomic E-state index is 12.0. The standard InChI is InChI=1S/C19H23ClN2O3/c20-16-6-4-14(5-7-16)2-1-3-18-10-17(22-25-18)11-19(23)21-12-15-8-9-24-13-15/h4-7,10,15H,1-3,8-9,11-13H2,(H,21,23). The third-order valence-electron chi connectivity index (χ3n) is 4.36. The minimum Gasteiger partial charge on any atom is -0.381 e. The molecule has 1 aromatic heterocycles. The molecule has 0 radical (unpaired) electrons. The van der Waals surface area contributed by atoms with Crippen LogP contribution < -0.4 is 5.32 Å². The van der Waals surface area contributed by atoms with Crippen LogP contribution in [0.2, 0.25) is 5.02 Å². The topological polar surface area (TPSA) is 64.4 Å². The predicted octanol–water partition coefficient (Wildman–Crippen LogP) is 3.20. The maximum Gasteiger partial charge on any atom is 0.226 e. The molecule has 5 nitrogen and oxygen atoms in total. The zero-order chi connectivity index (χ0) is 17.5. The third-order valence-corrected chi connectivity index (χ3v) is 4.62. The number of ether oxygens (including phenoxy) is 1. The first-order valence-corrected chi connectivity index (χ1v) is 9.10. The fourth-order valence-electron chi connectivity index (χ4n) is 2.90. The number of aryl methyl sites for hydroxylation is 2. The van der Waals surface area contributed by atoms with E-state index in [0.29, 0.717) is 18.2 Å². The Morgan fingerprint density at radius 1 is 1.28 bits per heavy atom. The van der Waals surface area contributed by atoms with Gasteiger partial charge in [0.25, 0.3) is 0 Å². The Balaban J connectivity index is 1.37. The molecular weight excluding hydrogens is 340 g/mol. The highest BCUT2D eigenvalue weighted by atomic mass is 35.5. The number of carbonyl (C=O) groups is 1. The molecule has 0 bridgehead atoms. The highest BCUT2D eigenvalue weighted by molar-refractivity contribution is 6.30. The molecule has 1 fully saturated rings. The van der Waals surface area contributed by atoms with Crippen molar-refractivity contribution in [2.75, 3.05) is 19.8 Å². The van der Waals surface area contributed by atoms with Crippen LogP contribution in [0.4, 0.5) is 0 Å². The van der Waals surface area contributed by atoms with Crippen molar-refractivity contribution in [1.82, 2.24) is 10.5 Å². The summed E-state index contributed by atoms with van der Waals surface area (Å²) in [6.07, 6.45) is 3.99. The van der Waals surface area contributed by atoms with E-state index < -0.39 is 0 Å². The van der Waals surface area contributed by atoms with Crippen LogP contribution in [-0.4, -0.2) is 30.8 Å². The van der Waals surface area contributed by atoms with E-state index in [2.05, 4.69) is 10.5 Å². The molecule has 1 atom stereocenters. The number of hydrogen-bond donors (Lipinski definition) is 1. The summed E-state index contributed by atoms with van der Waals surface area (Å²) in [4.78, 5) is 12.0. The highest BCUT2D eigenvalue weighted by Gasteiger charge is 2.17. The summed E-state index contributed by atoms with van der Waals surface area (Å²) in [6, 6.07) is 9.75. The second kappa shape index (κ2) is 9.02. The lowest BCUT2D eigenvalue weighted by atomic mass is 10.1. The molecule has 1 unspecified atom stereocenters. The van der Waals surface area contributed by atoms with Gasteiger partial charge in [0.1, 0.15) is 5.76 Å². The number of carbonyl (C=O) groups excluding carboxylic acids is 1. The maximum atomic E-state index is 12.0. The molecule has 3 rings (SSSR count). The Morgan fingerprint density at radius 2 is 2.12 bits per heavy atom. The van der Waals surface area contributed by atoms with Gasteiger partial charge >= 0.3 is 0 Å². The molecule has 1 saturated heterocycles. The molecule has 1 N–H and O–H groups in total. The van der Waals surface area contributed by atoms with E-state index >= 15 is 0 Å². The van der Waals surface area contributed by atoms with Crippen molar-refractivity contribution in [2.45, 2.75) is 32.1 Å². The molecule has 2 heterocycles. The van der Waals surface area contributed by atoms with Crippen molar-refractivity contribution in [2.24, 2.45) is 5.92 Å². The second-order valence-electron chi connectivity index (χ2n) is 6.48. The van der Waals surface area contributed by atoms with Crippen molar-refractivity contribution in [3.63, 3.8) is 0 Å². The highest BCUT2D eigenvalue weighted by Crippen LogP contribution is 2.14. The number of hydrogen-bond acceptors (Lipinski definition) is 4. The first kappa shape index (κ1) is 18.0. The van der Waals surface area contributed by atoms with Crippen molar-refractivity contribution < 1.29 is 14.1 Å². The van der Waals surface area contributed by atoms with Gasteiger partial charge in [0.05, 0.1) is 18.7 Å². The first-order chi connectivity index (χ1) is 12.2. The normalized spacial score (nSPS) is 16.9. The lowest BCUT2D eigenvalue weighted by Crippen LogP contribution is -2.30. The monoisotopic (exact) mass is 362 g/mol. The summed E-state index contributed by atoms with van der Waals surface area (Å²) in [5.41, 5.74) is 1.93. The average molecular weight is 363 g/mol. The second-order valence-corrected chi connectivity index (χ2v) is 6.91. The van der Waals surface area contributed by atoms with E-state index in [1.54, 1.807) is 0 Å². The molecule has 1 aliphatic heterocycles. The molecule has 1 aromatic carbocycles. The van der Waals surface area contributed by atoms with Crippen molar-refractivity contribution in [3.8, 4) is 0 Å². The van der Waals surface area contributed by atoms with E-state index in [1.807, 2.05) is 30.3 Å². The summed E-state index contributed by atoms with van der Waals surface area (Å²) < 4.78 is 10.6. The first-order valence-electron chi connectivity index (χ1n) is 8.72. The predicted molar refractivity (Wildman–Crippen MR) is 95.6 cm³/mol. The Labute approximate surface area is 152 Å². The van der Waals surface area contributed by atoms with Crippen LogP contribution in [-0.2, 0) is 28.8 Å². The molecule has 2 aromatic rings. The number of nitrogens with zero attached hydrogens (tertiary/aromatic N) is 1. The van der Waals surface area contributed by atoms with E-state index in [1.165, 1.54) is 5.56 Å². The molecule has 6 heteroatoms. The molecular formula is C19H23ClN2O3. The fourth-order valence-corrected chi connectivity index (χ4v) is 3.03. The molecule has 25 heavy (non-hydrogen) atoms. The van der Waals surface area contributed by atoms with Gasteiger partial charge in [0.15, 0.2) is 0 Å². The Kier molecular flexibility index (Phi) is 6.48. The van der Waals surface area contributed by atoms with Crippen LogP contribution >= 0.6 is 11.6 Å². The van der Waals surface area contributed by atoms with Gasteiger partial charge in [0, 0.05) is 36.6 Å². The van der Waals surface area contributed by atoms with Crippen LogP contribution in [0.25, 0.3) is 0 Å². The molecule has 134 valence electrons. The lowest BCUT2D eigenvalue weighted by Gasteiger charge is -2.08. The van der Waals surface area contributed by atoms with E-state index in [0.717, 1.165) is 49.7 Å². The van der Waals surface area contributed by atoms with Crippen molar-refractivity contribution in [3.05, 3.63) is 52.4 Å². The Bertz CT molecular complexity index is 678. The van der Waals surface area contributed by atoms with Crippen LogP contribution in [0.3, 0.4) is 0 Å². The van der Waals surface area contributed by atoms with Crippen molar-refractivity contribution in [1.29, 1.82) is 0 Å². The van der Waals surface area contributed by atoms with Gasteiger partial charge in [-0.1, -0.05) is 28.9 Å². The zero-order valence-corrected chi connectivity index (χ0v) is 14.9. The molecule has 0 saturated carbocycles. The van der Waals surface area contributed by atoms with Gasteiger partial charge in [0.2, 0.25) is 5.91 Å². The smallest absolute Gasteiger partial charge is 0.226 e. The lowest BCUT2D eigenvalue weighted by molar-refractivity contribution is -0.120. The minimum atomic E-state index is -0.0204. The quantitative estimate of drug-likeness (QED) is 0.783. The van der Waals surface area contributed by atoms with E-state index in [9.17, 15) is 4.79 Å².